The standard InChI is InChI=1S/C36H35N9O5/c46-30-8-7-29(31(47)40-30)45-33(49)25-6-5-23(13-27(25)34(45)50)43-19-36(20-43)17-41(18-36)16-22-9-11-42(12-10-22)35-37-14-24(15-38-35)44-21-39-28-4-2-1-3-26(28)32(44)48/h1-6,13-15,21-22,29H,7-12,16-20H2,(H,40,46,47)/i1D. The number of aromatic nitrogens is 4. The van der Waals surface area contributed by atoms with Gasteiger partial charge < -0.3 is 14.7 Å². The van der Waals surface area contributed by atoms with Gasteiger partial charge in [-0.15, -0.1) is 0 Å². The highest BCUT2D eigenvalue weighted by Crippen LogP contribution is 2.43. The SMILES string of the molecule is [2H]c1ccc2ncn(-c3cnc(N4CCC(CN5CC6(C5)CN(c5ccc7c(c5)C(=O)N(C5CCC(=O)NC5=O)C7=O)C6)CC4)nc3)c(=O)c2c1. The maximum Gasteiger partial charge on any atom is 0.265 e. The molecule has 5 aliphatic rings. The number of nitrogens with zero attached hydrogens (tertiary/aromatic N) is 8. The number of hydrogen-bond acceptors (Lipinski definition) is 11. The molecule has 4 fully saturated rings. The van der Waals surface area contributed by atoms with E-state index >= 15 is 0 Å². The van der Waals surface area contributed by atoms with Crippen LogP contribution in [-0.2, 0) is 9.59 Å². The van der Waals surface area contributed by atoms with E-state index in [1.165, 1.54) is 17.0 Å². The van der Waals surface area contributed by atoms with Gasteiger partial charge in [-0.05, 0) is 55.5 Å². The maximum absolute atomic E-state index is 13.3. The minimum atomic E-state index is -0.966. The van der Waals surface area contributed by atoms with E-state index in [4.69, 9.17) is 1.37 Å². The normalized spacial score (nSPS) is 22.4. The van der Waals surface area contributed by atoms with Crippen molar-refractivity contribution in [1.29, 1.82) is 0 Å². The lowest BCUT2D eigenvalue weighted by Crippen LogP contribution is -2.72. The number of hydrogen-bond donors (Lipinski definition) is 1. The summed E-state index contributed by atoms with van der Waals surface area (Å²) >= 11 is 0. The fourth-order valence-electron chi connectivity index (χ4n) is 8.31. The van der Waals surface area contributed by atoms with Gasteiger partial charge in [0.2, 0.25) is 17.8 Å². The quantitative estimate of drug-likeness (QED) is 0.297. The van der Waals surface area contributed by atoms with Crippen molar-refractivity contribution in [2.45, 2.75) is 31.7 Å². The molecule has 4 aromatic rings. The van der Waals surface area contributed by atoms with Gasteiger partial charge >= 0.3 is 0 Å². The zero-order valence-corrected chi connectivity index (χ0v) is 27.2. The first-order valence-corrected chi connectivity index (χ1v) is 17.0. The molecule has 0 aliphatic carbocycles. The predicted octanol–water partition coefficient (Wildman–Crippen LogP) is 1.62. The second-order valence-corrected chi connectivity index (χ2v) is 14.2. The summed E-state index contributed by atoms with van der Waals surface area (Å²) in [6, 6.07) is 9.42. The van der Waals surface area contributed by atoms with Crippen molar-refractivity contribution in [3.63, 3.8) is 0 Å². The second-order valence-electron chi connectivity index (χ2n) is 14.2. The molecule has 9 rings (SSSR count). The van der Waals surface area contributed by atoms with Crippen molar-refractivity contribution in [2.75, 3.05) is 55.6 Å². The fraction of sp³-hybridized carbons (Fsp3) is 0.389. The van der Waals surface area contributed by atoms with Gasteiger partial charge in [0.25, 0.3) is 17.4 Å². The lowest BCUT2D eigenvalue weighted by Gasteiger charge is -2.61. The molecule has 0 radical (unpaired) electrons. The summed E-state index contributed by atoms with van der Waals surface area (Å²) in [5.74, 6) is -0.730. The maximum atomic E-state index is 13.3. The summed E-state index contributed by atoms with van der Waals surface area (Å²) in [4.78, 5) is 84.8. The molecule has 0 bridgehead atoms. The number of benzene rings is 2. The van der Waals surface area contributed by atoms with E-state index in [1.807, 2.05) is 6.07 Å². The Kier molecular flexibility index (Phi) is 6.79. The van der Waals surface area contributed by atoms with Crippen LogP contribution in [0.15, 0.2) is 66.0 Å². The Morgan fingerprint density at radius 3 is 2.36 bits per heavy atom. The molecule has 1 atom stereocenters. The molecule has 2 aromatic carbocycles. The molecule has 14 heteroatoms. The molecule has 4 amide bonds. The summed E-state index contributed by atoms with van der Waals surface area (Å²) in [5, 5.41) is 2.62. The van der Waals surface area contributed by atoms with Crippen LogP contribution < -0.4 is 20.7 Å². The number of nitrogens with one attached hydrogen (secondary N) is 1. The van der Waals surface area contributed by atoms with Crippen LogP contribution in [0.1, 0.15) is 47.8 Å². The van der Waals surface area contributed by atoms with Crippen LogP contribution >= 0.6 is 0 Å². The highest BCUT2D eigenvalue weighted by Gasteiger charge is 2.52. The molecule has 4 saturated heterocycles. The number of amides is 4. The number of carbonyl (C=O) groups excluding carboxylic acids is 4. The minimum absolute atomic E-state index is 0.0950. The van der Waals surface area contributed by atoms with Crippen molar-refractivity contribution in [2.24, 2.45) is 11.3 Å². The topological polar surface area (TPSA) is 154 Å². The van der Waals surface area contributed by atoms with E-state index in [0.29, 0.717) is 39.6 Å². The van der Waals surface area contributed by atoms with Crippen molar-refractivity contribution in [1.82, 2.24) is 34.6 Å². The van der Waals surface area contributed by atoms with Crippen LogP contribution in [0.4, 0.5) is 11.6 Å². The third-order valence-corrected chi connectivity index (χ3v) is 10.9. The highest BCUT2D eigenvalue weighted by molar-refractivity contribution is 6.23. The van der Waals surface area contributed by atoms with Crippen LogP contribution in [0.2, 0.25) is 0 Å². The Balaban J connectivity index is 0.756. The first kappa shape index (κ1) is 29.4. The minimum Gasteiger partial charge on any atom is -0.370 e. The Bertz CT molecular complexity index is 2190. The number of para-hydroxylation sites is 1. The highest BCUT2D eigenvalue weighted by atomic mass is 16.2. The Morgan fingerprint density at radius 1 is 0.840 bits per heavy atom. The Hall–Kier alpha value is -5.50. The van der Waals surface area contributed by atoms with Gasteiger partial charge in [-0.1, -0.05) is 12.1 Å². The molecule has 0 saturated carbocycles. The van der Waals surface area contributed by atoms with E-state index in [9.17, 15) is 24.0 Å². The molecule has 1 N–H and O–H groups in total. The van der Waals surface area contributed by atoms with E-state index in [2.05, 4.69) is 35.0 Å². The third kappa shape index (κ3) is 5.04. The summed E-state index contributed by atoms with van der Waals surface area (Å²) < 4.78 is 9.25. The smallest absolute Gasteiger partial charge is 0.265 e. The van der Waals surface area contributed by atoms with Crippen LogP contribution in [0, 0.1) is 11.3 Å². The van der Waals surface area contributed by atoms with Crippen molar-refractivity contribution in [3.05, 3.63) is 82.6 Å². The van der Waals surface area contributed by atoms with Gasteiger partial charge in [0.1, 0.15) is 12.4 Å². The molecule has 50 heavy (non-hydrogen) atoms. The van der Waals surface area contributed by atoms with Gasteiger partial charge in [0.05, 0.1) is 41.5 Å². The number of carbonyl (C=O) groups is 4. The predicted molar refractivity (Wildman–Crippen MR) is 182 cm³/mol. The van der Waals surface area contributed by atoms with E-state index in [0.717, 1.165) is 69.2 Å². The van der Waals surface area contributed by atoms with Gasteiger partial charge in [0.15, 0.2) is 0 Å². The number of fused-ring (bicyclic) bond motifs is 2. The number of anilines is 2. The Labute approximate surface area is 288 Å². The van der Waals surface area contributed by atoms with Crippen molar-refractivity contribution < 1.29 is 20.5 Å². The number of rotatable bonds is 6. The molecule has 14 nitrogen and oxygen atoms in total. The fourth-order valence-corrected chi connectivity index (χ4v) is 8.31. The lowest BCUT2D eigenvalue weighted by atomic mass is 9.72. The lowest BCUT2D eigenvalue weighted by molar-refractivity contribution is -0.136. The van der Waals surface area contributed by atoms with Gasteiger partial charge in [-0.25, -0.2) is 15.0 Å². The third-order valence-electron chi connectivity index (χ3n) is 10.9. The molecular weight excluding hydrogens is 638 g/mol. The first-order chi connectivity index (χ1) is 24.6. The Morgan fingerprint density at radius 2 is 1.60 bits per heavy atom. The average molecular weight is 675 g/mol. The molecule has 7 heterocycles. The number of imide groups is 2. The van der Waals surface area contributed by atoms with Gasteiger partial charge in [-0.2, -0.15) is 0 Å². The van der Waals surface area contributed by atoms with Crippen molar-refractivity contribution >= 4 is 46.2 Å². The van der Waals surface area contributed by atoms with Gasteiger partial charge in [0, 0.05) is 63.3 Å². The molecule has 2 aromatic heterocycles. The summed E-state index contributed by atoms with van der Waals surface area (Å²) in [6.45, 7) is 6.62. The number of piperidine rings is 2. The zero-order chi connectivity index (χ0) is 35.0. The zero-order valence-electron chi connectivity index (χ0n) is 28.2. The van der Waals surface area contributed by atoms with Crippen LogP contribution in [0.5, 0.6) is 0 Å². The van der Waals surface area contributed by atoms with Gasteiger partial charge in [-0.3, -0.25) is 38.8 Å². The van der Waals surface area contributed by atoms with Crippen molar-refractivity contribution in [3.8, 4) is 5.69 Å². The molecular formula is C36H35N9O5. The monoisotopic (exact) mass is 674 g/mol. The largest absolute Gasteiger partial charge is 0.370 e. The summed E-state index contributed by atoms with van der Waals surface area (Å²) in [5.41, 5.74) is 2.56. The van der Waals surface area contributed by atoms with E-state index in [-0.39, 0.29) is 29.9 Å². The van der Waals surface area contributed by atoms with E-state index in [1.54, 1.807) is 36.7 Å². The molecule has 1 spiro atoms. The summed E-state index contributed by atoms with van der Waals surface area (Å²) in [7, 11) is 0. The van der Waals surface area contributed by atoms with Crippen LogP contribution in [0.25, 0.3) is 16.6 Å². The molecule has 254 valence electrons. The molecule has 5 aliphatic heterocycles. The number of likely N-dealkylation sites (tertiary alicyclic amines) is 1. The molecule has 1 unspecified atom stereocenters. The van der Waals surface area contributed by atoms with Crippen LogP contribution in [0.3, 0.4) is 0 Å². The van der Waals surface area contributed by atoms with E-state index < -0.39 is 29.7 Å². The summed E-state index contributed by atoms with van der Waals surface area (Å²) in [6.07, 6.45) is 7.08. The second kappa shape index (κ2) is 11.5. The average Bonchev–Trinajstić information content (AvgIpc) is 3.34. The first-order valence-electron chi connectivity index (χ1n) is 17.5. The van der Waals surface area contributed by atoms with Crippen LogP contribution in [-0.4, -0.2) is 105 Å².